The number of nitrogens with zero attached hydrogens (tertiary/aromatic N) is 1. The van der Waals surface area contributed by atoms with Crippen molar-refractivity contribution in [3.05, 3.63) is 34.9 Å². The molecule has 0 bridgehead atoms. The van der Waals surface area contributed by atoms with Crippen LogP contribution in [0.4, 0.5) is 0 Å². The maximum atomic E-state index is 12.1. The summed E-state index contributed by atoms with van der Waals surface area (Å²) in [6.45, 7) is 0.422. The molecule has 1 unspecified atom stereocenters. The summed E-state index contributed by atoms with van der Waals surface area (Å²) >= 11 is 7.49. The molecule has 2 amide bonds. The van der Waals surface area contributed by atoms with Crippen molar-refractivity contribution >= 4 is 40.3 Å². The predicted octanol–water partition coefficient (Wildman–Crippen LogP) is 3.38. The SMILES string of the molecule is O=C(NCCC1SC(=NC2CCCCC2)NC1=O)c1ccccc1Cl. The second kappa shape index (κ2) is 8.72. The largest absolute Gasteiger partial charge is 0.352 e. The van der Waals surface area contributed by atoms with Crippen LogP contribution in [-0.4, -0.2) is 34.8 Å². The van der Waals surface area contributed by atoms with Crippen LogP contribution in [0.1, 0.15) is 48.9 Å². The van der Waals surface area contributed by atoms with Crippen LogP contribution in [0, 0.1) is 0 Å². The van der Waals surface area contributed by atoms with Crippen molar-refractivity contribution in [2.45, 2.75) is 49.8 Å². The Balaban J connectivity index is 1.47. The van der Waals surface area contributed by atoms with Crippen LogP contribution in [0.3, 0.4) is 0 Å². The molecule has 5 nitrogen and oxygen atoms in total. The maximum Gasteiger partial charge on any atom is 0.252 e. The van der Waals surface area contributed by atoms with Gasteiger partial charge in [0, 0.05) is 6.54 Å². The Kier molecular flexibility index (Phi) is 6.37. The molecule has 1 saturated heterocycles. The number of benzene rings is 1. The van der Waals surface area contributed by atoms with E-state index >= 15 is 0 Å². The number of hydrogen-bond acceptors (Lipinski definition) is 4. The highest BCUT2D eigenvalue weighted by Crippen LogP contribution is 2.26. The van der Waals surface area contributed by atoms with Crippen LogP contribution in [0.5, 0.6) is 0 Å². The number of thioether (sulfide) groups is 1. The Morgan fingerprint density at radius 2 is 2.04 bits per heavy atom. The molecule has 0 radical (unpaired) electrons. The fourth-order valence-corrected chi connectivity index (χ4v) is 4.35. The third kappa shape index (κ3) is 4.98. The minimum atomic E-state index is -0.217. The molecule has 2 N–H and O–H groups in total. The summed E-state index contributed by atoms with van der Waals surface area (Å²) in [6.07, 6.45) is 6.51. The second-order valence-electron chi connectivity index (χ2n) is 6.35. The van der Waals surface area contributed by atoms with Crippen LogP contribution < -0.4 is 10.6 Å². The van der Waals surface area contributed by atoms with Crippen molar-refractivity contribution in [2.24, 2.45) is 4.99 Å². The van der Waals surface area contributed by atoms with Gasteiger partial charge in [-0.25, -0.2) is 0 Å². The molecule has 2 fully saturated rings. The Hall–Kier alpha value is -1.53. The lowest BCUT2D eigenvalue weighted by atomic mass is 9.96. The van der Waals surface area contributed by atoms with Crippen molar-refractivity contribution in [1.29, 1.82) is 0 Å². The van der Waals surface area contributed by atoms with E-state index in [4.69, 9.17) is 11.6 Å². The highest BCUT2D eigenvalue weighted by molar-refractivity contribution is 8.15. The van der Waals surface area contributed by atoms with Crippen LogP contribution in [0.15, 0.2) is 29.3 Å². The summed E-state index contributed by atoms with van der Waals surface area (Å²) in [5.74, 6) is -0.239. The van der Waals surface area contributed by atoms with Crippen molar-refractivity contribution in [2.75, 3.05) is 6.54 Å². The van der Waals surface area contributed by atoms with E-state index < -0.39 is 0 Å². The minimum Gasteiger partial charge on any atom is -0.352 e. The van der Waals surface area contributed by atoms with Gasteiger partial charge in [0.05, 0.1) is 21.9 Å². The molecule has 1 atom stereocenters. The molecule has 0 aromatic heterocycles. The number of rotatable bonds is 5. The van der Waals surface area contributed by atoms with Crippen LogP contribution >= 0.6 is 23.4 Å². The van der Waals surface area contributed by atoms with Gasteiger partial charge >= 0.3 is 0 Å². The number of aliphatic imine (C=N–C) groups is 1. The van der Waals surface area contributed by atoms with E-state index in [1.54, 1.807) is 24.3 Å². The first-order valence-corrected chi connectivity index (χ1v) is 9.97. The molecule has 134 valence electrons. The second-order valence-corrected chi connectivity index (χ2v) is 7.94. The summed E-state index contributed by atoms with van der Waals surface area (Å²) < 4.78 is 0. The molecule has 1 saturated carbocycles. The van der Waals surface area contributed by atoms with E-state index in [1.165, 1.54) is 31.0 Å². The summed E-state index contributed by atoms with van der Waals surface area (Å²) in [7, 11) is 0. The number of halogens is 1. The van der Waals surface area contributed by atoms with Crippen LogP contribution in [-0.2, 0) is 4.79 Å². The number of hydrogen-bond donors (Lipinski definition) is 2. The minimum absolute atomic E-state index is 0.0217. The van der Waals surface area contributed by atoms with Crippen molar-refractivity contribution in [1.82, 2.24) is 10.6 Å². The molecular weight excluding hydrogens is 358 g/mol. The normalized spacial score (nSPS) is 22.8. The standard InChI is InChI=1S/C18H22ClN3O2S/c19-14-9-5-4-8-13(14)16(23)20-11-10-15-17(24)22-18(25-15)21-12-6-2-1-3-7-12/h4-5,8-9,12,15H,1-3,6-7,10-11H2,(H,20,23)(H,21,22,24). The molecule has 7 heteroatoms. The topological polar surface area (TPSA) is 70.6 Å². The van der Waals surface area contributed by atoms with Gasteiger partial charge in [-0.2, -0.15) is 0 Å². The zero-order chi connectivity index (χ0) is 17.6. The summed E-state index contributed by atoms with van der Waals surface area (Å²) in [5.41, 5.74) is 0.451. The summed E-state index contributed by atoms with van der Waals surface area (Å²) in [5, 5.41) is 6.66. The number of amidine groups is 1. The third-order valence-corrected chi connectivity index (χ3v) is 5.96. The molecule has 3 rings (SSSR count). The lowest BCUT2D eigenvalue weighted by Crippen LogP contribution is -2.30. The molecule has 2 aliphatic rings. The lowest BCUT2D eigenvalue weighted by molar-refractivity contribution is -0.118. The number of nitrogens with one attached hydrogen (secondary N) is 2. The smallest absolute Gasteiger partial charge is 0.252 e. The zero-order valence-corrected chi connectivity index (χ0v) is 15.5. The monoisotopic (exact) mass is 379 g/mol. The number of carbonyl (C=O) groups is 2. The quantitative estimate of drug-likeness (QED) is 0.823. The molecule has 0 spiro atoms. The van der Waals surface area contributed by atoms with E-state index in [0.717, 1.165) is 18.0 Å². The first-order valence-electron chi connectivity index (χ1n) is 8.71. The van der Waals surface area contributed by atoms with Crippen molar-refractivity contribution < 1.29 is 9.59 Å². The molecule has 25 heavy (non-hydrogen) atoms. The average molecular weight is 380 g/mol. The van der Waals surface area contributed by atoms with E-state index in [0.29, 0.717) is 29.6 Å². The van der Waals surface area contributed by atoms with E-state index in [2.05, 4.69) is 15.6 Å². The molecule has 1 aliphatic carbocycles. The maximum absolute atomic E-state index is 12.1. The Morgan fingerprint density at radius 1 is 1.28 bits per heavy atom. The summed E-state index contributed by atoms with van der Waals surface area (Å²) in [6, 6.07) is 7.27. The van der Waals surface area contributed by atoms with Gasteiger partial charge in [-0.1, -0.05) is 54.8 Å². The average Bonchev–Trinajstić information content (AvgIpc) is 2.95. The Morgan fingerprint density at radius 3 is 2.80 bits per heavy atom. The van der Waals surface area contributed by atoms with Gasteiger partial charge in [-0.05, 0) is 31.4 Å². The van der Waals surface area contributed by atoms with Crippen LogP contribution in [0.25, 0.3) is 0 Å². The van der Waals surface area contributed by atoms with Gasteiger partial charge in [0.1, 0.15) is 0 Å². The molecule has 1 aromatic carbocycles. The van der Waals surface area contributed by atoms with Gasteiger partial charge in [-0.3, -0.25) is 14.6 Å². The van der Waals surface area contributed by atoms with Crippen LogP contribution in [0.2, 0.25) is 5.02 Å². The fraction of sp³-hybridized carbons (Fsp3) is 0.500. The molecular formula is C18H22ClN3O2S. The summed E-state index contributed by atoms with van der Waals surface area (Å²) in [4.78, 5) is 28.9. The zero-order valence-electron chi connectivity index (χ0n) is 14.0. The molecule has 1 aromatic rings. The van der Waals surface area contributed by atoms with E-state index in [9.17, 15) is 9.59 Å². The lowest BCUT2D eigenvalue weighted by Gasteiger charge is -2.17. The van der Waals surface area contributed by atoms with Gasteiger partial charge < -0.3 is 10.6 Å². The van der Waals surface area contributed by atoms with Gasteiger partial charge in [0.15, 0.2) is 5.17 Å². The van der Waals surface area contributed by atoms with Gasteiger partial charge in [0.2, 0.25) is 5.91 Å². The number of amides is 2. The first-order chi connectivity index (χ1) is 12.1. The molecule has 1 aliphatic heterocycles. The predicted molar refractivity (Wildman–Crippen MR) is 102 cm³/mol. The fourth-order valence-electron chi connectivity index (χ4n) is 3.09. The Labute approximate surface area is 157 Å². The van der Waals surface area contributed by atoms with E-state index in [-0.39, 0.29) is 17.1 Å². The van der Waals surface area contributed by atoms with Gasteiger partial charge in [-0.15, -0.1) is 0 Å². The van der Waals surface area contributed by atoms with E-state index in [1.807, 2.05) is 0 Å². The number of carbonyl (C=O) groups excluding carboxylic acids is 2. The third-order valence-electron chi connectivity index (χ3n) is 4.46. The Bertz CT molecular complexity index is 674. The highest BCUT2D eigenvalue weighted by atomic mass is 35.5. The van der Waals surface area contributed by atoms with Crippen molar-refractivity contribution in [3.8, 4) is 0 Å². The molecule has 1 heterocycles. The van der Waals surface area contributed by atoms with Gasteiger partial charge in [0.25, 0.3) is 5.91 Å². The van der Waals surface area contributed by atoms with Crippen molar-refractivity contribution in [3.63, 3.8) is 0 Å². The highest BCUT2D eigenvalue weighted by Gasteiger charge is 2.30. The first kappa shape index (κ1) is 18.3.